The van der Waals surface area contributed by atoms with E-state index >= 15 is 0 Å². The van der Waals surface area contributed by atoms with Gasteiger partial charge in [0.2, 0.25) is 10.0 Å². The van der Waals surface area contributed by atoms with E-state index in [1.165, 1.54) is 6.20 Å². The monoisotopic (exact) mass is 285 g/mol. The van der Waals surface area contributed by atoms with Crippen molar-refractivity contribution in [1.82, 2.24) is 24.7 Å². The molecule has 0 unspecified atom stereocenters. The predicted octanol–water partition coefficient (Wildman–Crippen LogP) is -0.831. The van der Waals surface area contributed by atoms with Crippen molar-refractivity contribution < 1.29 is 18.3 Å². The van der Waals surface area contributed by atoms with Crippen LogP contribution in [0.15, 0.2) is 29.7 Å². The number of aromatic nitrogens is 4. The Labute approximate surface area is 108 Å². The third-order valence-electron chi connectivity index (χ3n) is 2.24. The molecule has 0 atom stereocenters. The van der Waals surface area contributed by atoms with Crippen LogP contribution in [0.25, 0.3) is 0 Å². The maximum atomic E-state index is 11.9. The van der Waals surface area contributed by atoms with Gasteiger partial charge in [-0.3, -0.25) is 14.6 Å². The summed E-state index contributed by atoms with van der Waals surface area (Å²) in [6.07, 6.45) is 5.32. The Morgan fingerprint density at radius 1 is 1.47 bits per heavy atom. The number of hydrogen-bond acceptors (Lipinski definition) is 5. The van der Waals surface area contributed by atoms with Crippen LogP contribution in [0.2, 0.25) is 0 Å². The van der Waals surface area contributed by atoms with Crippen molar-refractivity contribution in [2.24, 2.45) is 0 Å². The molecule has 19 heavy (non-hydrogen) atoms. The Balaban J connectivity index is 2.06. The van der Waals surface area contributed by atoms with Gasteiger partial charge >= 0.3 is 5.97 Å². The van der Waals surface area contributed by atoms with Gasteiger partial charge in [-0.15, -0.1) is 0 Å². The summed E-state index contributed by atoms with van der Waals surface area (Å²) in [6.45, 7) is -0.305. The fraction of sp³-hybridized carbons (Fsp3) is 0.222. The van der Waals surface area contributed by atoms with E-state index in [1.807, 2.05) is 0 Å². The largest absolute Gasteiger partial charge is 0.480 e. The molecule has 0 amide bonds. The number of H-pyrrole nitrogens is 1. The summed E-state index contributed by atoms with van der Waals surface area (Å²) in [4.78, 5) is 10.4. The van der Waals surface area contributed by atoms with Gasteiger partial charge in [0.1, 0.15) is 11.4 Å². The van der Waals surface area contributed by atoms with Gasteiger partial charge in [0.05, 0.1) is 12.4 Å². The Bertz CT molecular complexity index is 661. The molecule has 102 valence electrons. The zero-order valence-electron chi connectivity index (χ0n) is 9.65. The number of carboxylic acid groups (broad SMARTS) is 1. The third-order valence-corrected chi connectivity index (χ3v) is 3.59. The Morgan fingerprint density at radius 2 is 2.26 bits per heavy atom. The second kappa shape index (κ2) is 5.20. The number of nitrogens with one attached hydrogen (secondary N) is 2. The van der Waals surface area contributed by atoms with E-state index in [4.69, 9.17) is 5.11 Å². The minimum Gasteiger partial charge on any atom is -0.480 e. The van der Waals surface area contributed by atoms with Gasteiger partial charge in [0.15, 0.2) is 0 Å². The van der Waals surface area contributed by atoms with Crippen LogP contribution in [0, 0.1) is 0 Å². The van der Waals surface area contributed by atoms with Crippen LogP contribution in [0.3, 0.4) is 0 Å². The molecule has 2 aromatic heterocycles. The van der Waals surface area contributed by atoms with Gasteiger partial charge in [-0.25, -0.2) is 13.1 Å². The SMILES string of the molecule is O=C(O)Cn1cc(S(=O)(=O)NCc2cn[nH]c2)cn1. The molecule has 10 heteroatoms. The maximum absolute atomic E-state index is 11.9. The van der Waals surface area contributed by atoms with Crippen molar-refractivity contribution in [2.45, 2.75) is 18.0 Å². The van der Waals surface area contributed by atoms with E-state index in [1.54, 1.807) is 6.20 Å². The molecule has 0 fully saturated rings. The van der Waals surface area contributed by atoms with Gasteiger partial charge in [0.25, 0.3) is 0 Å². The minimum atomic E-state index is -3.72. The van der Waals surface area contributed by atoms with Crippen molar-refractivity contribution in [3.63, 3.8) is 0 Å². The quantitative estimate of drug-likeness (QED) is 0.635. The molecule has 0 aliphatic heterocycles. The van der Waals surface area contributed by atoms with Crippen molar-refractivity contribution in [2.75, 3.05) is 0 Å². The minimum absolute atomic E-state index is 0.0859. The molecule has 0 aliphatic rings. The smallest absolute Gasteiger partial charge is 0.325 e. The highest BCUT2D eigenvalue weighted by Gasteiger charge is 2.16. The molecule has 2 aromatic rings. The van der Waals surface area contributed by atoms with Crippen LogP contribution >= 0.6 is 0 Å². The first-order valence-corrected chi connectivity index (χ1v) is 6.67. The Kier molecular flexibility index (Phi) is 3.62. The van der Waals surface area contributed by atoms with Crippen molar-refractivity contribution in [1.29, 1.82) is 0 Å². The molecule has 3 N–H and O–H groups in total. The molecule has 0 aliphatic carbocycles. The molecule has 0 saturated carbocycles. The highest BCUT2D eigenvalue weighted by molar-refractivity contribution is 7.89. The zero-order chi connectivity index (χ0) is 13.9. The van der Waals surface area contributed by atoms with E-state index in [0.29, 0.717) is 5.56 Å². The fourth-order valence-electron chi connectivity index (χ4n) is 1.34. The van der Waals surface area contributed by atoms with Crippen molar-refractivity contribution in [3.05, 3.63) is 30.4 Å². The van der Waals surface area contributed by atoms with Gasteiger partial charge in [0, 0.05) is 24.5 Å². The number of nitrogens with zero attached hydrogens (tertiary/aromatic N) is 3. The van der Waals surface area contributed by atoms with Crippen LogP contribution in [0.1, 0.15) is 5.56 Å². The first-order valence-electron chi connectivity index (χ1n) is 5.19. The van der Waals surface area contributed by atoms with E-state index in [-0.39, 0.29) is 11.4 Å². The average Bonchev–Trinajstić information content (AvgIpc) is 2.96. The van der Waals surface area contributed by atoms with Crippen LogP contribution in [0.4, 0.5) is 0 Å². The topological polar surface area (TPSA) is 130 Å². The second-order valence-corrected chi connectivity index (χ2v) is 5.47. The number of carboxylic acids is 1. The highest BCUT2D eigenvalue weighted by Crippen LogP contribution is 2.07. The van der Waals surface area contributed by atoms with Crippen LogP contribution in [-0.2, 0) is 27.9 Å². The predicted molar refractivity (Wildman–Crippen MR) is 62.5 cm³/mol. The lowest BCUT2D eigenvalue weighted by Gasteiger charge is -2.02. The zero-order valence-corrected chi connectivity index (χ0v) is 10.5. The summed E-state index contributed by atoms with van der Waals surface area (Å²) in [5, 5.41) is 18.5. The summed E-state index contributed by atoms with van der Waals surface area (Å²) < 4.78 is 27.2. The molecule has 2 heterocycles. The van der Waals surface area contributed by atoms with E-state index in [9.17, 15) is 13.2 Å². The normalized spacial score (nSPS) is 11.6. The first kappa shape index (κ1) is 13.2. The molecule has 0 spiro atoms. The molecule has 0 saturated heterocycles. The lowest BCUT2D eigenvalue weighted by molar-refractivity contribution is -0.137. The average molecular weight is 285 g/mol. The standard InChI is InChI=1S/C9H11N5O4S/c15-9(16)6-14-5-8(4-12-14)19(17,18)13-3-7-1-10-11-2-7/h1-2,4-5,13H,3,6H2,(H,10,11)(H,15,16). The second-order valence-electron chi connectivity index (χ2n) is 3.70. The fourth-order valence-corrected chi connectivity index (χ4v) is 2.31. The van der Waals surface area contributed by atoms with E-state index < -0.39 is 22.5 Å². The van der Waals surface area contributed by atoms with Crippen molar-refractivity contribution in [3.8, 4) is 0 Å². The Morgan fingerprint density at radius 3 is 2.89 bits per heavy atom. The van der Waals surface area contributed by atoms with Crippen LogP contribution in [0.5, 0.6) is 0 Å². The molecule has 0 bridgehead atoms. The maximum Gasteiger partial charge on any atom is 0.325 e. The molecular weight excluding hydrogens is 274 g/mol. The van der Waals surface area contributed by atoms with E-state index in [0.717, 1.165) is 17.1 Å². The highest BCUT2D eigenvalue weighted by atomic mass is 32.2. The Hall–Kier alpha value is -2.20. The number of rotatable bonds is 6. The third kappa shape index (κ3) is 3.39. The molecule has 0 aromatic carbocycles. The number of hydrogen-bond donors (Lipinski definition) is 3. The molecular formula is C9H11N5O4S. The van der Waals surface area contributed by atoms with Gasteiger partial charge in [-0.05, 0) is 0 Å². The van der Waals surface area contributed by atoms with Gasteiger partial charge in [-0.2, -0.15) is 10.2 Å². The lowest BCUT2D eigenvalue weighted by atomic mass is 10.4. The molecule has 9 nitrogen and oxygen atoms in total. The number of aliphatic carboxylic acids is 1. The summed E-state index contributed by atoms with van der Waals surface area (Å²) in [5.74, 6) is -1.10. The summed E-state index contributed by atoms with van der Waals surface area (Å²) in [5.41, 5.74) is 0.682. The molecule has 2 rings (SSSR count). The molecule has 0 radical (unpaired) electrons. The number of aromatic amines is 1. The summed E-state index contributed by atoms with van der Waals surface area (Å²) >= 11 is 0. The number of carbonyl (C=O) groups is 1. The van der Waals surface area contributed by atoms with Gasteiger partial charge < -0.3 is 5.11 Å². The van der Waals surface area contributed by atoms with Crippen LogP contribution in [-0.4, -0.2) is 39.5 Å². The van der Waals surface area contributed by atoms with Crippen LogP contribution < -0.4 is 4.72 Å². The summed E-state index contributed by atoms with van der Waals surface area (Å²) in [7, 11) is -3.72. The lowest BCUT2D eigenvalue weighted by Crippen LogP contribution is -2.22. The number of sulfonamides is 1. The summed E-state index contributed by atoms with van der Waals surface area (Å²) in [6, 6.07) is 0. The van der Waals surface area contributed by atoms with Gasteiger partial charge in [-0.1, -0.05) is 0 Å². The first-order chi connectivity index (χ1) is 8.97. The van der Waals surface area contributed by atoms with E-state index in [2.05, 4.69) is 20.0 Å². The van der Waals surface area contributed by atoms with Crippen molar-refractivity contribution >= 4 is 16.0 Å².